The molecule has 5 rings (SSSR count). The first kappa shape index (κ1) is 23.8. The van der Waals surface area contributed by atoms with E-state index in [1.54, 1.807) is 4.90 Å². The van der Waals surface area contributed by atoms with Crippen LogP contribution in [-0.4, -0.2) is 83.3 Å². The van der Waals surface area contributed by atoms with Crippen LogP contribution >= 0.6 is 0 Å². The van der Waals surface area contributed by atoms with Crippen molar-refractivity contribution in [1.29, 1.82) is 0 Å². The molecule has 4 heterocycles. The minimum atomic E-state index is -4.48. The van der Waals surface area contributed by atoms with Crippen LogP contribution in [0, 0.1) is 0 Å². The molecule has 2 atom stereocenters. The highest BCUT2D eigenvalue weighted by Gasteiger charge is 2.42. The lowest BCUT2D eigenvalue weighted by Gasteiger charge is -2.49. The van der Waals surface area contributed by atoms with Crippen molar-refractivity contribution in [2.75, 3.05) is 44.3 Å². The Kier molecular flexibility index (Phi) is 6.79. The molecule has 188 valence electrons. The fourth-order valence-electron chi connectivity index (χ4n) is 5.10. The van der Waals surface area contributed by atoms with Gasteiger partial charge < -0.3 is 19.9 Å². The number of hydrogen-bond donors (Lipinski definition) is 1. The molecular weight excluding hydrogens is 461 g/mol. The van der Waals surface area contributed by atoms with E-state index in [0.717, 1.165) is 44.9 Å². The molecule has 3 aliphatic rings. The molecule has 2 bridgehead atoms. The van der Waals surface area contributed by atoms with Crippen molar-refractivity contribution in [3.63, 3.8) is 0 Å². The van der Waals surface area contributed by atoms with Gasteiger partial charge in [0.15, 0.2) is 0 Å². The number of urea groups is 1. The molecule has 35 heavy (non-hydrogen) atoms. The van der Waals surface area contributed by atoms with Gasteiger partial charge in [0.1, 0.15) is 0 Å². The summed E-state index contributed by atoms with van der Waals surface area (Å²) in [6.07, 6.45) is -1.07. The number of hydrogen-bond acceptors (Lipinski definition) is 6. The van der Waals surface area contributed by atoms with Gasteiger partial charge in [0.05, 0.1) is 30.9 Å². The van der Waals surface area contributed by atoms with Crippen LogP contribution < -0.4 is 10.2 Å². The molecule has 3 saturated heterocycles. The normalized spacial score (nSPS) is 23.9. The molecule has 0 aliphatic carbocycles. The number of piperazine rings is 1. The third-order valence-electron chi connectivity index (χ3n) is 6.92. The van der Waals surface area contributed by atoms with Gasteiger partial charge in [-0.1, -0.05) is 30.3 Å². The van der Waals surface area contributed by atoms with E-state index in [2.05, 4.69) is 32.3 Å². The molecule has 0 radical (unpaired) electrons. The second kappa shape index (κ2) is 9.98. The molecule has 3 fully saturated rings. The minimum Gasteiger partial charge on any atom is -0.377 e. The second-order valence-electron chi connectivity index (χ2n) is 9.41. The Morgan fingerprint density at radius 1 is 1.03 bits per heavy atom. The molecule has 1 aromatic heterocycles. The van der Waals surface area contributed by atoms with Crippen LogP contribution in [0.4, 0.5) is 23.9 Å². The van der Waals surface area contributed by atoms with Gasteiger partial charge in [-0.05, 0) is 18.4 Å². The number of carbonyl (C=O) groups excluding carboxylic acids is 1. The lowest BCUT2D eigenvalue weighted by Crippen LogP contribution is -2.67. The number of morpholine rings is 1. The minimum absolute atomic E-state index is 0.101. The number of halogens is 3. The van der Waals surface area contributed by atoms with Crippen molar-refractivity contribution < 1.29 is 22.7 Å². The topological polar surface area (TPSA) is 73.8 Å². The van der Waals surface area contributed by atoms with Gasteiger partial charge in [0, 0.05) is 51.2 Å². The van der Waals surface area contributed by atoms with Crippen LogP contribution in [0.15, 0.2) is 42.7 Å². The number of aromatic nitrogens is 2. The Bertz CT molecular complexity index is 985. The summed E-state index contributed by atoms with van der Waals surface area (Å²) in [5, 5.41) is 3.19. The lowest BCUT2D eigenvalue weighted by atomic mass is 10.0. The molecule has 8 nitrogen and oxygen atoms in total. The van der Waals surface area contributed by atoms with Crippen molar-refractivity contribution in [3.8, 4) is 0 Å². The number of ether oxygens (including phenoxy) is 1. The summed E-state index contributed by atoms with van der Waals surface area (Å²) in [7, 11) is 0. The molecule has 11 heteroatoms. The van der Waals surface area contributed by atoms with Crippen LogP contribution in [0.25, 0.3) is 0 Å². The smallest absolute Gasteiger partial charge is 0.377 e. The fourth-order valence-corrected chi connectivity index (χ4v) is 5.10. The third-order valence-corrected chi connectivity index (χ3v) is 6.92. The lowest BCUT2D eigenvalue weighted by molar-refractivity contribution is -0.138. The van der Waals surface area contributed by atoms with Gasteiger partial charge in [-0.2, -0.15) is 13.2 Å². The number of amides is 2. The number of benzene rings is 1. The number of piperidine rings is 1. The molecule has 2 unspecified atom stereocenters. The Balaban J connectivity index is 1.15. The van der Waals surface area contributed by atoms with Crippen molar-refractivity contribution >= 4 is 12.0 Å². The van der Waals surface area contributed by atoms with E-state index in [4.69, 9.17) is 4.74 Å². The number of nitrogens with zero attached hydrogens (tertiary/aromatic N) is 5. The van der Waals surface area contributed by atoms with E-state index in [9.17, 15) is 18.0 Å². The third kappa shape index (κ3) is 5.51. The van der Waals surface area contributed by atoms with E-state index >= 15 is 0 Å². The van der Waals surface area contributed by atoms with Crippen LogP contribution in [0.1, 0.15) is 24.0 Å². The number of alkyl halides is 3. The number of fused-ring (bicyclic) bond motifs is 2. The van der Waals surface area contributed by atoms with E-state index in [1.807, 2.05) is 23.1 Å². The Morgan fingerprint density at radius 2 is 1.66 bits per heavy atom. The zero-order chi connectivity index (χ0) is 24.4. The van der Waals surface area contributed by atoms with Crippen LogP contribution in [0.5, 0.6) is 0 Å². The number of nitrogens with one attached hydrogen (secondary N) is 1. The molecule has 2 amide bonds. The molecule has 3 aliphatic heterocycles. The molecule has 0 spiro atoms. The molecule has 0 saturated carbocycles. The van der Waals surface area contributed by atoms with Crippen LogP contribution in [-0.2, 0) is 17.5 Å². The largest absolute Gasteiger partial charge is 0.419 e. The number of carbonyl (C=O) groups is 1. The van der Waals surface area contributed by atoms with Crippen molar-refractivity contribution in [2.45, 2.75) is 43.7 Å². The average molecular weight is 491 g/mol. The standard InChI is InChI=1S/C24H29F3N6O2/c25-24(26,27)18-10-28-22(29-11-18)33-20-13-32(14-21(33)16-35-15-20)23(34)30-19-6-8-31(9-7-19)12-17-4-2-1-3-5-17/h1-5,10-11,19-21H,6-9,12-16H2,(H,30,34). The zero-order valence-electron chi connectivity index (χ0n) is 19.3. The van der Waals surface area contributed by atoms with Crippen molar-refractivity contribution in [2.24, 2.45) is 0 Å². The number of rotatable bonds is 4. The Labute approximate surface area is 202 Å². The van der Waals surface area contributed by atoms with E-state index in [-0.39, 0.29) is 30.1 Å². The predicted octanol–water partition coefficient (Wildman–Crippen LogP) is 2.76. The highest BCUT2D eigenvalue weighted by atomic mass is 19.4. The molecule has 2 aromatic rings. The maximum Gasteiger partial charge on any atom is 0.419 e. The zero-order valence-corrected chi connectivity index (χ0v) is 19.3. The maximum absolute atomic E-state index is 13.1. The number of likely N-dealkylation sites (tertiary alicyclic amines) is 1. The van der Waals surface area contributed by atoms with E-state index < -0.39 is 11.7 Å². The first-order valence-electron chi connectivity index (χ1n) is 11.9. The summed E-state index contributed by atoms with van der Waals surface area (Å²) in [5.74, 6) is 0.238. The van der Waals surface area contributed by atoms with E-state index in [1.165, 1.54) is 5.56 Å². The van der Waals surface area contributed by atoms with Crippen molar-refractivity contribution in [1.82, 2.24) is 25.1 Å². The van der Waals surface area contributed by atoms with Gasteiger partial charge >= 0.3 is 12.2 Å². The highest BCUT2D eigenvalue weighted by Crippen LogP contribution is 2.30. The summed E-state index contributed by atoms with van der Waals surface area (Å²) < 4.78 is 44.3. The first-order valence-corrected chi connectivity index (χ1v) is 11.9. The van der Waals surface area contributed by atoms with E-state index in [0.29, 0.717) is 26.3 Å². The van der Waals surface area contributed by atoms with Crippen LogP contribution in [0.3, 0.4) is 0 Å². The Hall–Kier alpha value is -2.92. The molecule has 1 N–H and O–H groups in total. The summed E-state index contributed by atoms with van der Waals surface area (Å²) in [6, 6.07) is 9.97. The summed E-state index contributed by atoms with van der Waals surface area (Å²) in [6.45, 7) is 4.30. The van der Waals surface area contributed by atoms with Gasteiger partial charge in [-0.15, -0.1) is 0 Å². The summed E-state index contributed by atoms with van der Waals surface area (Å²) in [5.41, 5.74) is 0.411. The van der Waals surface area contributed by atoms with Gasteiger partial charge in [0.2, 0.25) is 5.95 Å². The monoisotopic (exact) mass is 490 g/mol. The Morgan fingerprint density at radius 3 is 2.26 bits per heavy atom. The first-order chi connectivity index (χ1) is 16.9. The van der Waals surface area contributed by atoms with Gasteiger partial charge in [-0.3, -0.25) is 4.90 Å². The fraction of sp³-hybridized carbons (Fsp3) is 0.542. The van der Waals surface area contributed by atoms with Gasteiger partial charge in [0.25, 0.3) is 0 Å². The van der Waals surface area contributed by atoms with Crippen LogP contribution in [0.2, 0.25) is 0 Å². The summed E-state index contributed by atoms with van der Waals surface area (Å²) in [4.78, 5) is 27.1. The number of anilines is 1. The quantitative estimate of drug-likeness (QED) is 0.711. The predicted molar refractivity (Wildman–Crippen MR) is 123 cm³/mol. The van der Waals surface area contributed by atoms with Crippen molar-refractivity contribution in [3.05, 3.63) is 53.9 Å². The summed E-state index contributed by atoms with van der Waals surface area (Å²) >= 11 is 0. The molecule has 1 aromatic carbocycles. The molecular formula is C24H29F3N6O2. The second-order valence-corrected chi connectivity index (χ2v) is 9.41. The van der Waals surface area contributed by atoms with Gasteiger partial charge in [-0.25, -0.2) is 14.8 Å². The average Bonchev–Trinajstić information content (AvgIpc) is 2.84. The SMILES string of the molecule is O=C(NC1CCN(Cc2ccccc2)CC1)N1CC2COCC(C1)N2c1ncc(C(F)(F)F)cn1. The maximum atomic E-state index is 13.1. The highest BCUT2D eigenvalue weighted by molar-refractivity contribution is 5.75.